The van der Waals surface area contributed by atoms with E-state index < -0.39 is 11.9 Å². The number of halogens is 2. The van der Waals surface area contributed by atoms with E-state index in [1.54, 1.807) is 24.3 Å². The first-order valence-electron chi connectivity index (χ1n) is 6.47. The summed E-state index contributed by atoms with van der Waals surface area (Å²) in [5.41, 5.74) is 1.16. The topological polar surface area (TPSA) is 29.5 Å². The van der Waals surface area contributed by atoms with Crippen LogP contribution < -0.4 is 4.74 Å². The van der Waals surface area contributed by atoms with Crippen molar-refractivity contribution in [2.75, 3.05) is 6.61 Å². The third-order valence-electron chi connectivity index (χ3n) is 2.93. The van der Waals surface area contributed by atoms with Gasteiger partial charge >= 0.3 is 0 Å². The Kier molecular flexibility index (Phi) is 4.99. The normalized spacial score (nSPS) is 12.2. The number of ether oxygens (including phenoxy) is 1. The zero-order valence-electron chi connectivity index (χ0n) is 11.1. The summed E-state index contributed by atoms with van der Waals surface area (Å²) >= 11 is 5.95. The van der Waals surface area contributed by atoms with Gasteiger partial charge in [0.25, 0.3) is 0 Å². The van der Waals surface area contributed by atoms with E-state index >= 15 is 0 Å². The van der Waals surface area contributed by atoms with Gasteiger partial charge in [0, 0.05) is 10.6 Å². The molecule has 0 heterocycles. The van der Waals surface area contributed by atoms with Crippen LogP contribution in [0.5, 0.6) is 5.75 Å². The van der Waals surface area contributed by atoms with Crippen LogP contribution in [0.1, 0.15) is 30.6 Å². The summed E-state index contributed by atoms with van der Waals surface area (Å²) in [6, 6.07) is 11.1. The zero-order chi connectivity index (χ0) is 14.5. The minimum Gasteiger partial charge on any atom is -0.494 e. The van der Waals surface area contributed by atoms with E-state index in [0.29, 0.717) is 17.7 Å². The van der Waals surface area contributed by atoms with Gasteiger partial charge in [-0.15, -0.1) is 0 Å². The van der Waals surface area contributed by atoms with Gasteiger partial charge in [0.2, 0.25) is 0 Å². The summed E-state index contributed by atoms with van der Waals surface area (Å²) in [6.45, 7) is 2.69. The van der Waals surface area contributed by atoms with Crippen molar-refractivity contribution in [2.45, 2.75) is 19.4 Å². The van der Waals surface area contributed by atoms with Crippen molar-refractivity contribution in [2.24, 2.45) is 0 Å². The van der Waals surface area contributed by atoms with E-state index in [2.05, 4.69) is 0 Å². The van der Waals surface area contributed by atoms with Gasteiger partial charge in [0.15, 0.2) is 0 Å². The monoisotopic (exact) mass is 294 g/mol. The van der Waals surface area contributed by atoms with Crippen molar-refractivity contribution >= 4 is 11.6 Å². The predicted molar refractivity (Wildman–Crippen MR) is 77.7 cm³/mol. The average molecular weight is 295 g/mol. The molecule has 1 N–H and O–H groups in total. The Labute approximate surface area is 122 Å². The van der Waals surface area contributed by atoms with Gasteiger partial charge in [-0.05, 0) is 36.2 Å². The molecule has 2 aromatic rings. The van der Waals surface area contributed by atoms with Gasteiger partial charge in [-0.2, -0.15) is 0 Å². The second kappa shape index (κ2) is 6.73. The maximum absolute atomic E-state index is 13.0. The van der Waals surface area contributed by atoms with Crippen LogP contribution in [0, 0.1) is 5.82 Å². The second-order valence-corrected chi connectivity index (χ2v) is 4.89. The molecular weight excluding hydrogens is 279 g/mol. The molecule has 0 aliphatic carbocycles. The minimum atomic E-state index is -0.886. The molecule has 0 spiro atoms. The largest absolute Gasteiger partial charge is 0.494 e. The molecule has 20 heavy (non-hydrogen) atoms. The number of aliphatic hydroxyl groups is 1. The first kappa shape index (κ1) is 14.8. The Bertz CT molecular complexity index is 569. The van der Waals surface area contributed by atoms with Crippen LogP contribution in [0.4, 0.5) is 4.39 Å². The highest BCUT2D eigenvalue weighted by Gasteiger charge is 2.14. The van der Waals surface area contributed by atoms with Crippen molar-refractivity contribution in [1.29, 1.82) is 0 Å². The van der Waals surface area contributed by atoms with Crippen LogP contribution in [-0.4, -0.2) is 11.7 Å². The predicted octanol–water partition coefficient (Wildman–Crippen LogP) is 4.35. The molecule has 0 aliphatic heterocycles. The van der Waals surface area contributed by atoms with Crippen LogP contribution in [0.3, 0.4) is 0 Å². The number of rotatable bonds is 5. The number of benzene rings is 2. The van der Waals surface area contributed by atoms with Crippen molar-refractivity contribution in [1.82, 2.24) is 0 Å². The molecule has 4 heteroatoms. The Balaban J connectivity index is 2.18. The molecule has 1 unspecified atom stereocenters. The Morgan fingerprint density at radius 2 is 1.90 bits per heavy atom. The molecule has 2 aromatic carbocycles. The van der Waals surface area contributed by atoms with E-state index in [1.165, 1.54) is 18.2 Å². The van der Waals surface area contributed by atoms with Gasteiger partial charge in [-0.1, -0.05) is 36.7 Å². The van der Waals surface area contributed by atoms with Gasteiger partial charge in [-0.3, -0.25) is 0 Å². The highest BCUT2D eigenvalue weighted by atomic mass is 35.5. The lowest BCUT2D eigenvalue weighted by Gasteiger charge is -2.14. The van der Waals surface area contributed by atoms with Crippen molar-refractivity contribution < 1.29 is 14.2 Å². The molecule has 0 aromatic heterocycles. The standard InChI is InChI=1S/C16H16ClFO2/c1-2-9-20-13-6-3-11(4-7-13)16(19)14-8-5-12(18)10-15(14)17/h3-8,10,16,19H,2,9H2,1H3. The van der Waals surface area contributed by atoms with Crippen molar-refractivity contribution in [3.05, 3.63) is 64.4 Å². The fourth-order valence-electron chi connectivity index (χ4n) is 1.87. The van der Waals surface area contributed by atoms with E-state index in [4.69, 9.17) is 16.3 Å². The fraction of sp³-hybridized carbons (Fsp3) is 0.250. The summed E-state index contributed by atoms with van der Waals surface area (Å²) in [5, 5.41) is 10.5. The molecule has 0 saturated heterocycles. The Morgan fingerprint density at radius 3 is 2.50 bits per heavy atom. The number of hydrogen-bond acceptors (Lipinski definition) is 2. The van der Waals surface area contributed by atoms with Crippen LogP contribution >= 0.6 is 11.6 Å². The minimum absolute atomic E-state index is 0.212. The van der Waals surface area contributed by atoms with Crippen molar-refractivity contribution in [3.8, 4) is 5.75 Å². The van der Waals surface area contributed by atoms with Crippen LogP contribution in [0.25, 0.3) is 0 Å². The number of aliphatic hydroxyl groups excluding tert-OH is 1. The van der Waals surface area contributed by atoms with Gasteiger partial charge < -0.3 is 9.84 Å². The first-order valence-corrected chi connectivity index (χ1v) is 6.85. The van der Waals surface area contributed by atoms with E-state index in [9.17, 15) is 9.50 Å². The zero-order valence-corrected chi connectivity index (χ0v) is 11.9. The summed E-state index contributed by atoms with van der Waals surface area (Å²) in [7, 11) is 0. The lowest BCUT2D eigenvalue weighted by Crippen LogP contribution is -2.01. The summed E-state index contributed by atoms with van der Waals surface area (Å²) in [4.78, 5) is 0. The van der Waals surface area contributed by atoms with E-state index in [0.717, 1.165) is 12.2 Å². The first-order chi connectivity index (χ1) is 9.61. The quantitative estimate of drug-likeness (QED) is 0.888. The van der Waals surface area contributed by atoms with Gasteiger partial charge in [-0.25, -0.2) is 4.39 Å². The summed E-state index contributed by atoms with van der Waals surface area (Å²) < 4.78 is 18.5. The molecule has 0 radical (unpaired) electrons. The second-order valence-electron chi connectivity index (χ2n) is 4.49. The molecule has 0 aliphatic rings. The highest BCUT2D eigenvalue weighted by Crippen LogP contribution is 2.29. The summed E-state index contributed by atoms with van der Waals surface area (Å²) in [5.74, 6) is 0.335. The van der Waals surface area contributed by atoms with Gasteiger partial charge in [0.05, 0.1) is 6.61 Å². The van der Waals surface area contributed by atoms with E-state index in [-0.39, 0.29) is 5.02 Å². The lowest BCUT2D eigenvalue weighted by atomic mass is 10.0. The van der Waals surface area contributed by atoms with Crippen molar-refractivity contribution in [3.63, 3.8) is 0 Å². The highest BCUT2D eigenvalue weighted by molar-refractivity contribution is 6.31. The lowest BCUT2D eigenvalue weighted by molar-refractivity contribution is 0.220. The maximum Gasteiger partial charge on any atom is 0.124 e. The SMILES string of the molecule is CCCOc1ccc(C(O)c2ccc(F)cc2Cl)cc1. The van der Waals surface area contributed by atoms with Crippen LogP contribution in [-0.2, 0) is 0 Å². The molecule has 0 amide bonds. The third-order valence-corrected chi connectivity index (χ3v) is 3.25. The fourth-order valence-corrected chi connectivity index (χ4v) is 2.14. The van der Waals surface area contributed by atoms with Crippen LogP contribution in [0.15, 0.2) is 42.5 Å². The molecule has 1 atom stereocenters. The molecule has 0 saturated carbocycles. The number of hydrogen-bond donors (Lipinski definition) is 1. The molecular formula is C16H16ClFO2. The Hall–Kier alpha value is -1.58. The van der Waals surface area contributed by atoms with Gasteiger partial charge in [0.1, 0.15) is 17.7 Å². The molecule has 0 fully saturated rings. The Morgan fingerprint density at radius 1 is 1.20 bits per heavy atom. The average Bonchev–Trinajstić information content (AvgIpc) is 2.45. The molecule has 0 bridgehead atoms. The molecule has 2 nitrogen and oxygen atoms in total. The van der Waals surface area contributed by atoms with E-state index in [1.807, 2.05) is 6.92 Å². The maximum atomic E-state index is 13.0. The summed E-state index contributed by atoms with van der Waals surface area (Å²) in [6.07, 6.45) is 0.0542. The smallest absolute Gasteiger partial charge is 0.124 e. The van der Waals surface area contributed by atoms with Crippen LogP contribution in [0.2, 0.25) is 5.02 Å². The molecule has 106 valence electrons. The molecule has 2 rings (SSSR count). The third kappa shape index (κ3) is 3.50.